The minimum atomic E-state index is 0.0295. The summed E-state index contributed by atoms with van der Waals surface area (Å²) < 4.78 is 0. The van der Waals surface area contributed by atoms with E-state index in [-0.39, 0.29) is 5.91 Å². The van der Waals surface area contributed by atoms with E-state index in [0.717, 1.165) is 18.4 Å². The summed E-state index contributed by atoms with van der Waals surface area (Å²) in [5, 5.41) is 1.33. The predicted molar refractivity (Wildman–Crippen MR) is 80.1 cm³/mol. The third-order valence-corrected chi connectivity index (χ3v) is 2.90. The summed E-state index contributed by atoms with van der Waals surface area (Å²) in [4.78, 5) is 11.7. The van der Waals surface area contributed by atoms with Gasteiger partial charge in [0.1, 0.15) is 0 Å². The van der Waals surface area contributed by atoms with Crippen molar-refractivity contribution in [1.82, 2.24) is 5.01 Å². The molecule has 0 saturated carbocycles. The molecule has 0 saturated heterocycles. The van der Waals surface area contributed by atoms with Crippen LogP contribution in [0, 0.1) is 5.92 Å². The normalized spacial score (nSPS) is 11.2. The van der Waals surface area contributed by atoms with Crippen LogP contribution in [0.3, 0.4) is 0 Å². The maximum absolute atomic E-state index is 11.7. The van der Waals surface area contributed by atoms with Crippen molar-refractivity contribution in [1.29, 1.82) is 0 Å². The first kappa shape index (κ1) is 15.4. The lowest BCUT2D eigenvalue weighted by atomic mass is 10.1. The van der Waals surface area contributed by atoms with Gasteiger partial charge in [-0.1, -0.05) is 56.3 Å². The molecule has 3 nitrogen and oxygen atoms in total. The number of rotatable bonds is 7. The summed E-state index contributed by atoms with van der Waals surface area (Å²) in [6.45, 7) is 4.79. The minimum Gasteiger partial charge on any atom is -0.280 e. The van der Waals surface area contributed by atoms with E-state index < -0.39 is 0 Å². The van der Waals surface area contributed by atoms with Gasteiger partial charge < -0.3 is 0 Å². The fourth-order valence-corrected chi connectivity index (χ4v) is 1.68. The number of nitrogens with zero attached hydrogens (tertiary/aromatic N) is 1. The Morgan fingerprint density at radius 2 is 2.00 bits per heavy atom. The van der Waals surface area contributed by atoms with Gasteiger partial charge in [-0.05, 0) is 24.3 Å². The zero-order valence-electron chi connectivity index (χ0n) is 11.9. The molecule has 0 aromatic heterocycles. The molecule has 1 aromatic rings. The van der Waals surface area contributed by atoms with Crippen LogP contribution >= 0.6 is 0 Å². The SMILES string of the molecule is CC(C)CCC(=O)N(N)CCC=Cc1ccccc1. The van der Waals surface area contributed by atoms with Gasteiger partial charge in [0.15, 0.2) is 0 Å². The Labute approximate surface area is 116 Å². The van der Waals surface area contributed by atoms with Gasteiger partial charge in [0.2, 0.25) is 5.91 Å². The van der Waals surface area contributed by atoms with E-state index in [1.54, 1.807) is 0 Å². The Kier molecular flexibility index (Phi) is 6.90. The van der Waals surface area contributed by atoms with Crippen molar-refractivity contribution >= 4 is 12.0 Å². The smallest absolute Gasteiger partial charge is 0.236 e. The minimum absolute atomic E-state index is 0.0295. The molecule has 0 aliphatic rings. The van der Waals surface area contributed by atoms with Crippen molar-refractivity contribution in [3.8, 4) is 0 Å². The van der Waals surface area contributed by atoms with Gasteiger partial charge in [-0.25, -0.2) is 5.84 Å². The van der Waals surface area contributed by atoms with Crippen LogP contribution < -0.4 is 5.84 Å². The summed E-state index contributed by atoms with van der Waals surface area (Å²) in [6.07, 6.45) is 6.30. The summed E-state index contributed by atoms with van der Waals surface area (Å²) in [5.41, 5.74) is 1.16. The standard InChI is InChI=1S/C16H24N2O/c1-14(2)11-12-16(19)18(17)13-7-6-10-15-8-4-3-5-9-15/h3-6,8-10,14H,7,11-13,17H2,1-2H3. The molecule has 3 heteroatoms. The fraction of sp³-hybridized carbons (Fsp3) is 0.438. The first-order valence-electron chi connectivity index (χ1n) is 6.86. The predicted octanol–water partition coefficient (Wildman–Crippen LogP) is 3.23. The lowest BCUT2D eigenvalue weighted by Gasteiger charge is -2.16. The first-order valence-corrected chi connectivity index (χ1v) is 6.86. The Bertz CT molecular complexity index is 398. The van der Waals surface area contributed by atoms with Crippen molar-refractivity contribution < 1.29 is 4.79 Å². The van der Waals surface area contributed by atoms with Crippen molar-refractivity contribution in [2.24, 2.45) is 11.8 Å². The van der Waals surface area contributed by atoms with Crippen LogP contribution in [0.2, 0.25) is 0 Å². The Morgan fingerprint density at radius 1 is 1.32 bits per heavy atom. The summed E-state index contributed by atoms with van der Waals surface area (Å²) in [7, 11) is 0. The molecule has 0 spiro atoms. The molecule has 1 amide bonds. The molecular formula is C16H24N2O. The zero-order valence-corrected chi connectivity index (χ0v) is 11.9. The lowest BCUT2D eigenvalue weighted by molar-refractivity contribution is -0.131. The monoisotopic (exact) mass is 260 g/mol. The average molecular weight is 260 g/mol. The molecule has 19 heavy (non-hydrogen) atoms. The maximum atomic E-state index is 11.7. The van der Waals surface area contributed by atoms with Crippen LogP contribution in [0.25, 0.3) is 6.08 Å². The van der Waals surface area contributed by atoms with Crippen LogP contribution in [-0.2, 0) is 4.79 Å². The van der Waals surface area contributed by atoms with Crippen LogP contribution in [0.1, 0.15) is 38.7 Å². The summed E-state index contributed by atoms with van der Waals surface area (Å²) in [6, 6.07) is 10.1. The second-order valence-electron chi connectivity index (χ2n) is 5.12. The second kappa shape index (κ2) is 8.48. The fourth-order valence-electron chi connectivity index (χ4n) is 1.68. The molecule has 0 fully saturated rings. The molecule has 0 heterocycles. The Balaban J connectivity index is 2.25. The van der Waals surface area contributed by atoms with E-state index >= 15 is 0 Å². The first-order chi connectivity index (χ1) is 9.09. The molecule has 0 aliphatic heterocycles. The number of benzene rings is 1. The highest BCUT2D eigenvalue weighted by atomic mass is 16.2. The highest BCUT2D eigenvalue weighted by molar-refractivity contribution is 5.75. The molecule has 0 radical (unpaired) electrons. The molecule has 2 N–H and O–H groups in total. The van der Waals surface area contributed by atoms with Gasteiger partial charge in [-0.15, -0.1) is 0 Å². The van der Waals surface area contributed by atoms with Gasteiger partial charge >= 0.3 is 0 Å². The molecule has 0 unspecified atom stereocenters. The highest BCUT2D eigenvalue weighted by Gasteiger charge is 2.08. The van der Waals surface area contributed by atoms with Crippen molar-refractivity contribution in [3.63, 3.8) is 0 Å². The third-order valence-electron chi connectivity index (χ3n) is 2.90. The van der Waals surface area contributed by atoms with Crippen LogP contribution in [0.4, 0.5) is 0 Å². The van der Waals surface area contributed by atoms with Crippen LogP contribution in [-0.4, -0.2) is 17.5 Å². The number of carbonyl (C=O) groups is 1. The van der Waals surface area contributed by atoms with Gasteiger partial charge in [-0.2, -0.15) is 0 Å². The summed E-state index contributed by atoms with van der Waals surface area (Å²) >= 11 is 0. The second-order valence-corrected chi connectivity index (χ2v) is 5.12. The van der Waals surface area contributed by atoms with Crippen LogP contribution in [0.15, 0.2) is 36.4 Å². The van der Waals surface area contributed by atoms with E-state index in [0.29, 0.717) is 18.9 Å². The summed E-state index contributed by atoms with van der Waals surface area (Å²) in [5.74, 6) is 6.30. The van der Waals surface area contributed by atoms with E-state index in [1.807, 2.05) is 42.5 Å². The lowest BCUT2D eigenvalue weighted by Crippen LogP contribution is -2.37. The third kappa shape index (κ3) is 6.77. The van der Waals surface area contributed by atoms with Crippen molar-refractivity contribution in [2.75, 3.05) is 6.54 Å². The number of hydrazine groups is 1. The van der Waals surface area contributed by atoms with Gasteiger partial charge in [0.25, 0.3) is 0 Å². The molecule has 0 aliphatic carbocycles. The molecule has 0 bridgehead atoms. The molecular weight excluding hydrogens is 236 g/mol. The van der Waals surface area contributed by atoms with E-state index in [1.165, 1.54) is 5.01 Å². The number of amides is 1. The van der Waals surface area contributed by atoms with Gasteiger partial charge in [-0.3, -0.25) is 9.80 Å². The quantitative estimate of drug-likeness (QED) is 0.465. The number of nitrogens with two attached hydrogens (primary N) is 1. The van der Waals surface area contributed by atoms with E-state index in [4.69, 9.17) is 5.84 Å². The average Bonchev–Trinajstić information content (AvgIpc) is 2.41. The van der Waals surface area contributed by atoms with E-state index in [9.17, 15) is 4.79 Å². The molecule has 1 rings (SSSR count). The molecule has 104 valence electrons. The Morgan fingerprint density at radius 3 is 2.63 bits per heavy atom. The number of carbonyl (C=O) groups excluding carboxylic acids is 1. The molecule has 1 aromatic carbocycles. The van der Waals surface area contributed by atoms with Gasteiger partial charge in [0, 0.05) is 13.0 Å². The number of hydrogen-bond acceptors (Lipinski definition) is 2. The van der Waals surface area contributed by atoms with Gasteiger partial charge in [0.05, 0.1) is 0 Å². The largest absolute Gasteiger partial charge is 0.280 e. The topological polar surface area (TPSA) is 46.3 Å². The Hall–Kier alpha value is -1.61. The van der Waals surface area contributed by atoms with Crippen LogP contribution in [0.5, 0.6) is 0 Å². The van der Waals surface area contributed by atoms with Crippen molar-refractivity contribution in [3.05, 3.63) is 42.0 Å². The zero-order chi connectivity index (χ0) is 14.1. The van der Waals surface area contributed by atoms with E-state index in [2.05, 4.69) is 13.8 Å². The van der Waals surface area contributed by atoms with Crippen molar-refractivity contribution in [2.45, 2.75) is 33.1 Å². The highest BCUT2D eigenvalue weighted by Crippen LogP contribution is 2.06. The molecule has 0 atom stereocenters. The number of hydrogen-bond donors (Lipinski definition) is 1. The maximum Gasteiger partial charge on any atom is 0.236 e.